The Morgan fingerprint density at radius 3 is 2.00 bits per heavy atom. The third kappa shape index (κ3) is 2.63. The molecule has 4 rings (SSSR count). The maximum Gasteiger partial charge on any atom is 0.183 e. The first-order valence-corrected chi connectivity index (χ1v) is 8.07. The molecule has 24 heavy (non-hydrogen) atoms. The minimum Gasteiger partial charge on any atom is -0.368 e. The zero-order chi connectivity index (χ0) is 16.4. The molecule has 0 saturated carbocycles. The summed E-state index contributed by atoms with van der Waals surface area (Å²) >= 11 is 0. The van der Waals surface area contributed by atoms with Crippen LogP contribution in [-0.4, -0.2) is 36.1 Å². The highest BCUT2D eigenvalue weighted by Crippen LogP contribution is 2.23. The van der Waals surface area contributed by atoms with Crippen LogP contribution < -0.4 is 9.80 Å². The number of anilines is 2. The first-order valence-electron chi connectivity index (χ1n) is 8.07. The summed E-state index contributed by atoms with van der Waals surface area (Å²) in [5.41, 5.74) is 3.24. The molecule has 118 valence electrons. The number of para-hydroxylation sites is 3. The summed E-state index contributed by atoms with van der Waals surface area (Å²) in [4.78, 5) is 13.7. The minimum absolute atomic E-state index is 0.405. The van der Waals surface area contributed by atoms with E-state index >= 15 is 0 Å². The number of hydrogen-bond donors (Lipinski definition) is 0. The van der Waals surface area contributed by atoms with Gasteiger partial charge in [0.15, 0.2) is 11.5 Å². The van der Waals surface area contributed by atoms with E-state index in [4.69, 9.17) is 0 Å². The van der Waals surface area contributed by atoms with E-state index in [-0.39, 0.29) is 0 Å². The molecule has 0 unspecified atom stereocenters. The zero-order valence-electron chi connectivity index (χ0n) is 13.3. The molecule has 1 aromatic heterocycles. The summed E-state index contributed by atoms with van der Waals surface area (Å²) in [6.45, 7) is 3.47. The Hall–Kier alpha value is -3.13. The largest absolute Gasteiger partial charge is 0.368 e. The van der Waals surface area contributed by atoms with E-state index in [0.29, 0.717) is 11.5 Å². The van der Waals surface area contributed by atoms with Crippen molar-refractivity contribution in [1.82, 2.24) is 9.97 Å². The van der Waals surface area contributed by atoms with Crippen LogP contribution in [0.2, 0.25) is 0 Å². The molecule has 0 radical (unpaired) electrons. The molecule has 1 aliphatic heterocycles. The molecule has 2 heterocycles. The van der Waals surface area contributed by atoms with Crippen molar-refractivity contribution in [3.05, 3.63) is 60.3 Å². The summed E-state index contributed by atoms with van der Waals surface area (Å²) in [5, 5.41) is 9.45. The van der Waals surface area contributed by atoms with Gasteiger partial charge in [-0.3, -0.25) is 0 Å². The molecule has 1 aliphatic rings. The van der Waals surface area contributed by atoms with Crippen LogP contribution in [0, 0.1) is 11.3 Å². The predicted molar refractivity (Wildman–Crippen MR) is 95.1 cm³/mol. The number of fused-ring (bicyclic) bond motifs is 1. The normalized spacial score (nSPS) is 14.6. The van der Waals surface area contributed by atoms with Crippen molar-refractivity contribution in [3.63, 3.8) is 0 Å². The first kappa shape index (κ1) is 14.5. The van der Waals surface area contributed by atoms with Crippen molar-refractivity contribution < 1.29 is 0 Å². The summed E-state index contributed by atoms with van der Waals surface area (Å²) < 4.78 is 0. The Morgan fingerprint density at radius 1 is 0.750 bits per heavy atom. The van der Waals surface area contributed by atoms with Crippen LogP contribution in [0.5, 0.6) is 0 Å². The fraction of sp³-hybridized carbons (Fsp3) is 0.211. The van der Waals surface area contributed by atoms with Gasteiger partial charge in [0.25, 0.3) is 0 Å². The molecule has 0 amide bonds. The van der Waals surface area contributed by atoms with Crippen molar-refractivity contribution >= 4 is 22.5 Å². The number of benzene rings is 2. The Balaban J connectivity index is 1.59. The fourth-order valence-corrected chi connectivity index (χ4v) is 3.10. The number of nitrogens with zero attached hydrogens (tertiary/aromatic N) is 5. The van der Waals surface area contributed by atoms with Crippen LogP contribution in [0.1, 0.15) is 5.69 Å². The van der Waals surface area contributed by atoms with Crippen LogP contribution in [-0.2, 0) is 0 Å². The van der Waals surface area contributed by atoms with Gasteiger partial charge in [-0.15, -0.1) is 0 Å². The lowest BCUT2D eigenvalue weighted by atomic mass is 10.2. The molecule has 0 bridgehead atoms. The first-order chi connectivity index (χ1) is 11.8. The van der Waals surface area contributed by atoms with Crippen molar-refractivity contribution in [3.8, 4) is 6.07 Å². The van der Waals surface area contributed by atoms with E-state index in [0.717, 1.165) is 37.2 Å². The predicted octanol–water partition coefficient (Wildman–Crippen LogP) is 2.83. The van der Waals surface area contributed by atoms with Gasteiger partial charge in [0.1, 0.15) is 6.07 Å². The van der Waals surface area contributed by atoms with Gasteiger partial charge in [0, 0.05) is 31.9 Å². The molecular weight excluding hydrogens is 298 g/mol. The second kappa shape index (κ2) is 6.17. The quantitative estimate of drug-likeness (QED) is 0.728. The monoisotopic (exact) mass is 315 g/mol. The van der Waals surface area contributed by atoms with E-state index in [2.05, 4.69) is 50.1 Å². The summed E-state index contributed by atoms with van der Waals surface area (Å²) in [6.07, 6.45) is 0. The Bertz CT molecular complexity index is 893. The molecular formula is C19H17N5. The SMILES string of the molecule is N#Cc1nc2ccccc2nc1N1CCN(c2ccccc2)CC1. The van der Waals surface area contributed by atoms with Crippen molar-refractivity contribution in [1.29, 1.82) is 5.26 Å². The molecule has 5 nitrogen and oxygen atoms in total. The topological polar surface area (TPSA) is 56.1 Å². The second-order valence-electron chi connectivity index (χ2n) is 5.81. The minimum atomic E-state index is 0.405. The van der Waals surface area contributed by atoms with Gasteiger partial charge in [-0.1, -0.05) is 30.3 Å². The van der Waals surface area contributed by atoms with E-state index < -0.39 is 0 Å². The smallest absolute Gasteiger partial charge is 0.183 e. The van der Waals surface area contributed by atoms with Gasteiger partial charge in [0.05, 0.1) is 11.0 Å². The lowest BCUT2D eigenvalue weighted by Crippen LogP contribution is -2.47. The molecule has 1 fully saturated rings. The molecule has 0 aliphatic carbocycles. The number of aromatic nitrogens is 2. The number of piperazine rings is 1. The molecule has 3 aromatic rings. The second-order valence-corrected chi connectivity index (χ2v) is 5.81. The van der Waals surface area contributed by atoms with Gasteiger partial charge in [-0.05, 0) is 24.3 Å². The zero-order valence-corrected chi connectivity index (χ0v) is 13.3. The lowest BCUT2D eigenvalue weighted by molar-refractivity contribution is 0.646. The van der Waals surface area contributed by atoms with E-state index in [9.17, 15) is 5.26 Å². The average molecular weight is 315 g/mol. The highest BCUT2D eigenvalue weighted by Gasteiger charge is 2.21. The summed E-state index contributed by atoms with van der Waals surface area (Å²) in [5.74, 6) is 0.698. The molecule has 0 N–H and O–H groups in total. The van der Waals surface area contributed by atoms with E-state index in [1.165, 1.54) is 5.69 Å². The number of hydrogen-bond acceptors (Lipinski definition) is 5. The van der Waals surface area contributed by atoms with Crippen LogP contribution in [0.15, 0.2) is 54.6 Å². The fourth-order valence-electron chi connectivity index (χ4n) is 3.10. The standard InChI is InChI=1S/C19H17N5/c20-14-18-19(22-17-9-5-4-8-16(17)21-18)24-12-10-23(11-13-24)15-6-2-1-3-7-15/h1-9H,10-13H2. The van der Waals surface area contributed by atoms with Crippen LogP contribution in [0.3, 0.4) is 0 Å². The maximum absolute atomic E-state index is 9.45. The van der Waals surface area contributed by atoms with Crippen molar-refractivity contribution in [2.45, 2.75) is 0 Å². The third-order valence-corrected chi connectivity index (χ3v) is 4.36. The van der Waals surface area contributed by atoms with Gasteiger partial charge in [-0.25, -0.2) is 9.97 Å². The Kier molecular flexibility index (Phi) is 3.72. The van der Waals surface area contributed by atoms with Gasteiger partial charge < -0.3 is 9.80 Å². The summed E-state index contributed by atoms with van der Waals surface area (Å²) in [7, 11) is 0. The highest BCUT2D eigenvalue weighted by molar-refractivity contribution is 5.77. The maximum atomic E-state index is 9.45. The Morgan fingerprint density at radius 2 is 1.33 bits per heavy atom. The van der Waals surface area contributed by atoms with Crippen LogP contribution in [0.4, 0.5) is 11.5 Å². The van der Waals surface area contributed by atoms with Crippen molar-refractivity contribution in [2.24, 2.45) is 0 Å². The molecule has 0 atom stereocenters. The van der Waals surface area contributed by atoms with Crippen LogP contribution >= 0.6 is 0 Å². The van der Waals surface area contributed by atoms with E-state index in [1.54, 1.807) is 0 Å². The third-order valence-electron chi connectivity index (χ3n) is 4.36. The van der Waals surface area contributed by atoms with Crippen molar-refractivity contribution in [2.75, 3.05) is 36.0 Å². The van der Waals surface area contributed by atoms with Crippen LogP contribution in [0.25, 0.3) is 11.0 Å². The van der Waals surface area contributed by atoms with Gasteiger partial charge in [-0.2, -0.15) is 5.26 Å². The summed E-state index contributed by atoms with van der Waals surface area (Å²) in [6, 6.07) is 20.3. The Labute approximate surface area is 140 Å². The lowest BCUT2D eigenvalue weighted by Gasteiger charge is -2.36. The molecule has 5 heteroatoms. The number of rotatable bonds is 2. The molecule has 2 aromatic carbocycles. The molecule has 0 spiro atoms. The highest BCUT2D eigenvalue weighted by atomic mass is 15.3. The van der Waals surface area contributed by atoms with Gasteiger partial charge >= 0.3 is 0 Å². The average Bonchev–Trinajstić information content (AvgIpc) is 2.68. The molecule has 1 saturated heterocycles. The van der Waals surface area contributed by atoms with E-state index in [1.807, 2.05) is 30.3 Å². The van der Waals surface area contributed by atoms with Gasteiger partial charge in [0.2, 0.25) is 0 Å². The number of nitriles is 1.